The lowest BCUT2D eigenvalue weighted by atomic mass is 10.2. The van der Waals surface area contributed by atoms with Gasteiger partial charge >= 0.3 is 0 Å². The molecule has 0 unspecified atom stereocenters. The first kappa shape index (κ1) is 19.8. The first-order chi connectivity index (χ1) is 14.6. The van der Waals surface area contributed by atoms with Gasteiger partial charge < -0.3 is 9.47 Å². The second-order valence-corrected chi connectivity index (χ2v) is 7.75. The second kappa shape index (κ2) is 8.92. The largest absolute Gasteiger partial charge is 0.497 e. The number of hydrogen-bond acceptors (Lipinski definition) is 6. The van der Waals surface area contributed by atoms with Gasteiger partial charge in [0.15, 0.2) is 11.7 Å². The Kier molecular flexibility index (Phi) is 5.90. The highest BCUT2D eigenvalue weighted by atomic mass is 32.1. The zero-order valence-corrected chi connectivity index (χ0v) is 17.6. The van der Waals surface area contributed by atoms with Crippen LogP contribution in [0.25, 0.3) is 10.2 Å². The molecule has 0 bridgehead atoms. The van der Waals surface area contributed by atoms with E-state index in [0.717, 1.165) is 21.5 Å². The number of nitrogens with zero attached hydrogens (tertiary/aromatic N) is 3. The van der Waals surface area contributed by atoms with Crippen LogP contribution < -0.4 is 14.4 Å². The highest BCUT2D eigenvalue weighted by molar-refractivity contribution is 7.22. The maximum absolute atomic E-state index is 13.1. The molecule has 0 fully saturated rings. The number of methoxy groups -OCH3 is 1. The third kappa shape index (κ3) is 4.58. The van der Waals surface area contributed by atoms with E-state index in [-0.39, 0.29) is 12.5 Å². The number of aryl methyl sites for hydroxylation is 1. The number of ether oxygens (including phenoxy) is 2. The van der Waals surface area contributed by atoms with E-state index in [1.54, 1.807) is 30.3 Å². The summed E-state index contributed by atoms with van der Waals surface area (Å²) in [5, 5.41) is 0.625. The first-order valence-electron chi connectivity index (χ1n) is 9.47. The third-order valence-electron chi connectivity index (χ3n) is 4.51. The van der Waals surface area contributed by atoms with Gasteiger partial charge in [-0.15, -0.1) is 0 Å². The molecule has 6 nitrogen and oxygen atoms in total. The van der Waals surface area contributed by atoms with Gasteiger partial charge in [-0.2, -0.15) is 0 Å². The SMILES string of the molecule is COc1cccc(OCC(=O)N(Cc2ccccn2)c2nc3ccc(C)cc3s2)c1. The summed E-state index contributed by atoms with van der Waals surface area (Å²) in [5.41, 5.74) is 2.80. The smallest absolute Gasteiger partial charge is 0.267 e. The van der Waals surface area contributed by atoms with Crippen LogP contribution in [0.5, 0.6) is 11.5 Å². The minimum Gasteiger partial charge on any atom is -0.497 e. The average molecular weight is 420 g/mol. The standard InChI is InChI=1S/C23H21N3O3S/c1-16-9-10-20-21(12-16)30-23(25-20)26(14-17-6-3-4-11-24-17)22(27)15-29-19-8-5-7-18(13-19)28-2/h3-13H,14-15H2,1-2H3. The van der Waals surface area contributed by atoms with Crippen LogP contribution >= 0.6 is 11.3 Å². The Labute approximate surface area is 178 Å². The van der Waals surface area contributed by atoms with Crippen LogP contribution in [0.1, 0.15) is 11.3 Å². The fourth-order valence-corrected chi connectivity index (χ4v) is 4.05. The van der Waals surface area contributed by atoms with Crippen LogP contribution in [0.3, 0.4) is 0 Å². The van der Waals surface area contributed by atoms with E-state index in [4.69, 9.17) is 9.47 Å². The normalized spacial score (nSPS) is 10.7. The number of rotatable bonds is 7. The van der Waals surface area contributed by atoms with Crippen molar-refractivity contribution in [1.82, 2.24) is 9.97 Å². The molecule has 4 aromatic rings. The van der Waals surface area contributed by atoms with E-state index >= 15 is 0 Å². The summed E-state index contributed by atoms with van der Waals surface area (Å²) in [4.78, 5) is 23.8. The molecule has 0 atom stereocenters. The van der Waals surface area contributed by atoms with Gasteiger partial charge in [-0.05, 0) is 48.9 Å². The van der Waals surface area contributed by atoms with Crippen molar-refractivity contribution in [2.75, 3.05) is 18.6 Å². The number of amides is 1. The minimum absolute atomic E-state index is 0.116. The Hall–Kier alpha value is -3.45. The zero-order valence-electron chi connectivity index (χ0n) is 16.7. The van der Waals surface area contributed by atoms with Crippen molar-refractivity contribution in [2.45, 2.75) is 13.5 Å². The number of hydrogen-bond donors (Lipinski definition) is 0. The van der Waals surface area contributed by atoms with Gasteiger partial charge in [-0.3, -0.25) is 14.7 Å². The minimum atomic E-state index is -0.195. The van der Waals surface area contributed by atoms with Crippen LogP contribution in [0.15, 0.2) is 66.9 Å². The van der Waals surface area contributed by atoms with Gasteiger partial charge in [0.05, 0.1) is 29.6 Å². The molecular formula is C23H21N3O3S. The third-order valence-corrected chi connectivity index (χ3v) is 5.56. The van der Waals surface area contributed by atoms with Gasteiger partial charge in [0.2, 0.25) is 0 Å². The van der Waals surface area contributed by atoms with Crippen LogP contribution in [-0.4, -0.2) is 29.6 Å². The predicted octanol–water partition coefficient (Wildman–Crippen LogP) is 4.62. The Morgan fingerprint density at radius 1 is 1.07 bits per heavy atom. The molecule has 2 aromatic heterocycles. The zero-order chi connectivity index (χ0) is 20.9. The molecule has 0 aliphatic rings. The number of thiazole rings is 1. The molecule has 1 amide bonds. The van der Waals surface area contributed by atoms with Crippen molar-refractivity contribution in [2.24, 2.45) is 0 Å². The molecule has 30 heavy (non-hydrogen) atoms. The number of benzene rings is 2. The molecular weight excluding hydrogens is 398 g/mol. The number of carbonyl (C=O) groups is 1. The number of pyridine rings is 1. The fourth-order valence-electron chi connectivity index (χ4n) is 2.97. The lowest BCUT2D eigenvalue weighted by Gasteiger charge is -2.19. The summed E-state index contributed by atoms with van der Waals surface area (Å²) in [6.07, 6.45) is 1.71. The predicted molar refractivity (Wildman–Crippen MR) is 118 cm³/mol. The number of aromatic nitrogens is 2. The van der Waals surface area contributed by atoms with Crippen LogP contribution in [0.2, 0.25) is 0 Å². The van der Waals surface area contributed by atoms with Crippen LogP contribution in [0.4, 0.5) is 5.13 Å². The van der Waals surface area contributed by atoms with Gasteiger partial charge in [0.25, 0.3) is 5.91 Å². The Bertz CT molecular complexity index is 1160. The maximum Gasteiger partial charge on any atom is 0.267 e. The molecule has 0 saturated heterocycles. The number of fused-ring (bicyclic) bond motifs is 1. The highest BCUT2D eigenvalue weighted by Gasteiger charge is 2.21. The monoisotopic (exact) mass is 419 g/mol. The van der Waals surface area contributed by atoms with Gasteiger partial charge in [-0.1, -0.05) is 29.5 Å². The molecule has 152 valence electrons. The summed E-state index contributed by atoms with van der Waals surface area (Å²) >= 11 is 1.49. The fraction of sp³-hybridized carbons (Fsp3) is 0.174. The maximum atomic E-state index is 13.1. The van der Waals surface area contributed by atoms with Gasteiger partial charge in [0, 0.05) is 12.3 Å². The van der Waals surface area contributed by atoms with Crippen LogP contribution in [-0.2, 0) is 11.3 Å². The number of carbonyl (C=O) groups excluding carboxylic acids is 1. The lowest BCUT2D eigenvalue weighted by Crippen LogP contribution is -2.34. The molecule has 0 aliphatic heterocycles. The molecule has 0 saturated carbocycles. The van der Waals surface area contributed by atoms with Crippen molar-refractivity contribution in [1.29, 1.82) is 0 Å². The second-order valence-electron chi connectivity index (χ2n) is 6.74. The van der Waals surface area contributed by atoms with Crippen LogP contribution in [0, 0.1) is 6.92 Å². The Morgan fingerprint density at radius 2 is 1.93 bits per heavy atom. The molecule has 2 heterocycles. The average Bonchev–Trinajstić information content (AvgIpc) is 3.19. The van der Waals surface area contributed by atoms with E-state index in [1.165, 1.54) is 11.3 Å². The molecule has 0 N–H and O–H groups in total. The van der Waals surface area contributed by atoms with E-state index in [1.807, 2.05) is 49.4 Å². The molecule has 7 heteroatoms. The summed E-state index contributed by atoms with van der Waals surface area (Å²) in [6.45, 7) is 2.24. The molecule has 0 radical (unpaired) electrons. The Balaban J connectivity index is 1.59. The topological polar surface area (TPSA) is 64.6 Å². The lowest BCUT2D eigenvalue weighted by molar-refractivity contribution is -0.120. The Morgan fingerprint density at radius 3 is 2.73 bits per heavy atom. The quantitative estimate of drug-likeness (QED) is 0.437. The van der Waals surface area contributed by atoms with E-state index < -0.39 is 0 Å². The molecule has 0 spiro atoms. The van der Waals surface area contributed by atoms with Gasteiger partial charge in [-0.25, -0.2) is 4.98 Å². The van der Waals surface area contributed by atoms with Crippen molar-refractivity contribution in [3.8, 4) is 11.5 Å². The number of anilines is 1. The molecule has 4 rings (SSSR count). The summed E-state index contributed by atoms with van der Waals surface area (Å²) in [7, 11) is 1.59. The highest BCUT2D eigenvalue weighted by Crippen LogP contribution is 2.30. The van der Waals surface area contributed by atoms with E-state index in [9.17, 15) is 4.79 Å². The van der Waals surface area contributed by atoms with Crippen molar-refractivity contribution < 1.29 is 14.3 Å². The molecule has 0 aliphatic carbocycles. The first-order valence-corrected chi connectivity index (χ1v) is 10.3. The van der Waals surface area contributed by atoms with E-state index in [2.05, 4.69) is 16.0 Å². The summed E-state index contributed by atoms with van der Waals surface area (Å²) in [5.74, 6) is 1.05. The summed E-state index contributed by atoms with van der Waals surface area (Å²) in [6, 6.07) is 18.9. The molecule has 2 aromatic carbocycles. The van der Waals surface area contributed by atoms with E-state index in [0.29, 0.717) is 23.2 Å². The van der Waals surface area contributed by atoms with Crippen molar-refractivity contribution >= 4 is 32.6 Å². The van der Waals surface area contributed by atoms with Crippen molar-refractivity contribution in [3.05, 3.63) is 78.1 Å². The summed E-state index contributed by atoms with van der Waals surface area (Å²) < 4.78 is 12.0. The van der Waals surface area contributed by atoms with Gasteiger partial charge in [0.1, 0.15) is 11.5 Å². The van der Waals surface area contributed by atoms with Crippen molar-refractivity contribution in [3.63, 3.8) is 0 Å².